The van der Waals surface area contributed by atoms with Crippen molar-refractivity contribution in [3.8, 4) is 5.75 Å². The summed E-state index contributed by atoms with van der Waals surface area (Å²) in [6.45, 7) is 11.5. The van der Waals surface area contributed by atoms with E-state index in [1.165, 1.54) is 43.6 Å². The molecule has 0 spiro atoms. The fraction of sp³-hybridized carbons (Fsp3) is 0.700. The van der Waals surface area contributed by atoms with Crippen LogP contribution >= 0.6 is 0 Å². The molecule has 3 rings (SSSR count). The van der Waals surface area contributed by atoms with Gasteiger partial charge in [-0.1, -0.05) is 26.3 Å². The van der Waals surface area contributed by atoms with Crippen LogP contribution in [-0.4, -0.2) is 44.2 Å². The van der Waals surface area contributed by atoms with E-state index in [0.29, 0.717) is 0 Å². The number of methoxy groups -OCH3 is 1. The molecule has 3 atom stereocenters. The maximum Gasteiger partial charge on any atom is 0.142 e. The predicted molar refractivity (Wildman–Crippen MR) is 97.5 cm³/mol. The molecule has 23 heavy (non-hydrogen) atoms. The maximum atomic E-state index is 5.57. The first kappa shape index (κ1) is 16.6. The molecule has 0 N–H and O–H groups in total. The third kappa shape index (κ3) is 3.50. The zero-order valence-electron chi connectivity index (χ0n) is 15.2. The zero-order chi connectivity index (χ0) is 16.4. The molecule has 3 heteroatoms. The Bertz CT molecular complexity index is 522. The highest BCUT2D eigenvalue weighted by atomic mass is 16.5. The molecule has 2 aliphatic rings. The van der Waals surface area contributed by atoms with Gasteiger partial charge in [0.15, 0.2) is 0 Å². The Balaban J connectivity index is 1.66. The second kappa shape index (κ2) is 7.12. The number of hydrogen-bond acceptors (Lipinski definition) is 3. The van der Waals surface area contributed by atoms with Crippen molar-refractivity contribution in [1.82, 2.24) is 4.90 Å². The van der Waals surface area contributed by atoms with Gasteiger partial charge in [-0.25, -0.2) is 0 Å². The fourth-order valence-corrected chi connectivity index (χ4v) is 4.60. The highest BCUT2D eigenvalue weighted by Gasteiger charge is 2.36. The Kier molecular flexibility index (Phi) is 5.15. The normalized spacial score (nSPS) is 29.0. The van der Waals surface area contributed by atoms with E-state index < -0.39 is 0 Å². The second-order valence-electron chi connectivity index (χ2n) is 7.51. The van der Waals surface area contributed by atoms with Gasteiger partial charge >= 0.3 is 0 Å². The number of anilines is 1. The molecular formula is C20H32N2O. The van der Waals surface area contributed by atoms with Crippen molar-refractivity contribution < 1.29 is 4.74 Å². The summed E-state index contributed by atoms with van der Waals surface area (Å²) in [5, 5.41) is 0. The van der Waals surface area contributed by atoms with E-state index in [9.17, 15) is 0 Å². The van der Waals surface area contributed by atoms with E-state index in [2.05, 4.69) is 48.8 Å². The molecule has 1 aromatic rings. The molecular weight excluding hydrogens is 284 g/mol. The molecule has 3 unspecified atom stereocenters. The largest absolute Gasteiger partial charge is 0.495 e. The molecule has 0 radical (unpaired) electrons. The molecule has 128 valence electrons. The van der Waals surface area contributed by atoms with E-state index in [1.54, 1.807) is 7.11 Å². The van der Waals surface area contributed by atoms with Crippen LogP contribution in [-0.2, 0) is 0 Å². The van der Waals surface area contributed by atoms with Gasteiger partial charge in [0, 0.05) is 32.2 Å². The number of rotatable bonds is 4. The third-order valence-electron chi connectivity index (χ3n) is 5.88. The molecule has 1 aliphatic heterocycles. The van der Waals surface area contributed by atoms with Gasteiger partial charge in [0.25, 0.3) is 0 Å². The molecule has 2 fully saturated rings. The van der Waals surface area contributed by atoms with Gasteiger partial charge in [-0.3, -0.25) is 4.90 Å². The van der Waals surface area contributed by atoms with Crippen LogP contribution in [0.4, 0.5) is 5.69 Å². The predicted octanol–water partition coefficient (Wildman–Crippen LogP) is 3.95. The maximum absolute atomic E-state index is 5.57. The number of hydrogen-bond donors (Lipinski definition) is 0. The van der Waals surface area contributed by atoms with Crippen molar-refractivity contribution in [3.05, 3.63) is 23.8 Å². The number of nitrogens with zero attached hydrogens (tertiary/aromatic N) is 2. The highest BCUT2D eigenvalue weighted by molar-refractivity contribution is 5.60. The monoisotopic (exact) mass is 316 g/mol. The lowest BCUT2D eigenvalue weighted by atomic mass is 9.98. The van der Waals surface area contributed by atoms with Gasteiger partial charge in [0.2, 0.25) is 0 Å². The summed E-state index contributed by atoms with van der Waals surface area (Å²) in [6, 6.07) is 7.31. The van der Waals surface area contributed by atoms with Crippen LogP contribution in [0.5, 0.6) is 5.75 Å². The van der Waals surface area contributed by atoms with E-state index in [1.807, 2.05) is 0 Å². The van der Waals surface area contributed by atoms with Crippen LogP contribution in [0.25, 0.3) is 0 Å². The average molecular weight is 316 g/mol. The topological polar surface area (TPSA) is 15.7 Å². The molecule has 0 aromatic heterocycles. The highest BCUT2D eigenvalue weighted by Crippen LogP contribution is 2.37. The van der Waals surface area contributed by atoms with E-state index >= 15 is 0 Å². The summed E-state index contributed by atoms with van der Waals surface area (Å²) in [7, 11) is 1.77. The van der Waals surface area contributed by atoms with Crippen LogP contribution in [0.2, 0.25) is 0 Å². The number of ether oxygens (including phenoxy) is 1. The third-order valence-corrected chi connectivity index (χ3v) is 5.88. The molecule has 1 aliphatic carbocycles. The Morgan fingerprint density at radius 3 is 2.52 bits per heavy atom. The van der Waals surface area contributed by atoms with Gasteiger partial charge in [-0.05, 0) is 49.3 Å². The quantitative estimate of drug-likeness (QED) is 0.836. The van der Waals surface area contributed by atoms with Gasteiger partial charge in [0.1, 0.15) is 5.75 Å². The lowest BCUT2D eigenvalue weighted by Gasteiger charge is -2.41. The first-order valence-electron chi connectivity index (χ1n) is 9.26. The Hall–Kier alpha value is -1.22. The smallest absolute Gasteiger partial charge is 0.142 e. The van der Waals surface area contributed by atoms with E-state index in [-0.39, 0.29) is 0 Å². The fourth-order valence-electron chi connectivity index (χ4n) is 4.60. The van der Waals surface area contributed by atoms with Gasteiger partial charge in [-0.15, -0.1) is 0 Å². The molecule has 0 amide bonds. The molecule has 3 nitrogen and oxygen atoms in total. The van der Waals surface area contributed by atoms with Crippen LogP contribution in [0.15, 0.2) is 18.2 Å². The molecule has 1 saturated carbocycles. The van der Waals surface area contributed by atoms with Crippen LogP contribution in [0.3, 0.4) is 0 Å². The van der Waals surface area contributed by atoms with Crippen LogP contribution < -0.4 is 9.64 Å². The molecule has 1 saturated heterocycles. The van der Waals surface area contributed by atoms with Gasteiger partial charge in [-0.2, -0.15) is 0 Å². The molecule has 0 bridgehead atoms. The minimum atomic E-state index is 0.816. The van der Waals surface area contributed by atoms with E-state index in [4.69, 9.17) is 4.74 Å². The summed E-state index contributed by atoms with van der Waals surface area (Å²) in [6.07, 6.45) is 4.15. The summed E-state index contributed by atoms with van der Waals surface area (Å²) >= 11 is 0. The first-order chi connectivity index (χ1) is 11.1. The van der Waals surface area contributed by atoms with Crippen molar-refractivity contribution in [2.24, 2.45) is 11.8 Å². The lowest BCUT2D eigenvalue weighted by Crippen LogP contribution is -2.51. The Morgan fingerprint density at radius 1 is 1.13 bits per heavy atom. The molecule has 1 aromatic carbocycles. The Labute approximate surface area is 141 Å². The average Bonchev–Trinajstić information content (AvgIpc) is 2.96. The van der Waals surface area contributed by atoms with Crippen molar-refractivity contribution in [2.75, 3.05) is 38.2 Å². The molecule has 1 heterocycles. The lowest BCUT2D eigenvalue weighted by molar-refractivity contribution is 0.147. The number of benzene rings is 1. The van der Waals surface area contributed by atoms with Gasteiger partial charge < -0.3 is 9.64 Å². The first-order valence-corrected chi connectivity index (χ1v) is 9.26. The van der Waals surface area contributed by atoms with Crippen molar-refractivity contribution in [2.45, 2.75) is 46.1 Å². The zero-order valence-corrected chi connectivity index (χ0v) is 15.2. The SMILES string of the molecule is CCC1CC(C)CC1N1CCN(c2cc(C)ccc2OC)CC1. The van der Waals surface area contributed by atoms with E-state index in [0.717, 1.165) is 36.7 Å². The summed E-state index contributed by atoms with van der Waals surface area (Å²) in [5.41, 5.74) is 2.57. The standard InChI is InChI=1S/C20H32N2O/c1-5-17-12-16(3)14-18(17)21-8-10-22(11-9-21)19-13-15(2)6-7-20(19)23-4/h6-7,13,16-18H,5,8-12,14H2,1-4H3. The van der Waals surface area contributed by atoms with Crippen LogP contribution in [0.1, 0.15) is 38.7 Å². The van der Waals surface area contributed by atoms with Crippen molar-refractivity contribution in [1.29, 1.82) is 0 Å². The minimum Gasteiger partial charge on any atom is -0.495 e. The second-order valence-corrected chi connectivity index (χ2v) is 7.51. The van der Waals surface area contributed by atoms with Gasteiger partial charge in [0.05, 0.1) is 12.8 Å². The summed E-state index contributed by atoms with van der Waals surface area (Å²) in [4.78, 5) is 5.26. The summed E-state index contributed by atoms with van der Waals surface area (Å²) < 4.78 is 5.57. The van der Waals surface area contributed by atoms with Crippen LogP contribution in [0, 0.1) is 18.8 Å². The number of aryl methyl sites for hydroxylation is 1. The van der Waals surface area contributed by atoms with Crippen molar-refractivity contribution in [3.63, 3.8) is 0 Å². The Morgan fingerprint density at radius 2 is 1.87 bits per heavy atom. The minimum absolute atomic E-state index is 0.816. The van der Waals surface area contributed by atoms with Crippen molar-refractivity contribution >= 4 is 5.69 Å². The summed E-state index contributed by atoms with van der Waals surface area (Å²) in [5.74, 6) is 2.81. The number of piperazine rings is 1.